The molecule has 2 N–H and O–H groups in total. The first-order chi connectivity index (χ1) is 8.99. The number of rotatable bonds is 7. The minimum Gasteiger partial charge on any atom is -0.481 e. The van der Waals surface area contributed by atoms with E-state index in [2.05, 4.69) is 5.32 Å². The Bertz CT molecular complexity index is 457. The van der Waals surface area contributed by atoms with Crippen molar-refractivity contribution >= 4 is 23.5 Å². The summed E-state index contributed by atoms with van der Waals surface area (Å²) in [5.41, 5.74) is 0.452. The summed E-state index contributed by atoms with van der Waals surface area (Å²) in [6.45, 7) is 4.59. The highest BCUT2D eigenvalue weighted by Gasteiger charge is 2.19. The highest BCUT2D eigenvalue weighted by Crippen LogP contribution is 2.14. The van der Waals surface area contributed by atoms with E-state index < -0.39 is 11.9 Å². The first-order valence-electron chi connectivity index (χ1n) is 6.36. The molecule has 1 atom stereocenters. The maximum atomic E-state index is 12.0. The van der Waals surface area contributed by atoms with E-state index in [1.807, 2.05) is 13.8 Å². The van der Waals surface area contributed by atoms with Crippen LogP contribution in [0, 0.1) is 5.92 Å². The van der Waals surface area contributed by atoms with Gasteiger partial charge < -0.3 is 15.0 Å². The molecule has 1 amide bonds. The van der Waals surface area contributed by atoms with Crippen LogP contribution in [0.1, 0.15) is 37.2 Å². The number of aryl methyl sites for hydroxylation is 1. The quantitative estimate of drug-likeness (QED) is 0.808. The molecule has 0 aliphatic heterocycles. The van der Waals surface area contributed by atoms with E-state index in [0.29, 0.717) is 23.7 Å². The molecule has 1 aromatic rings. The number of nitrogens with one attached hydrogen (secondary N) is 1. The number of halogens is 1. The van der Waals surface area contributed by atoms with Gasteiger partial charge in [0.25, 0.3) is 5.91 Å². The Balaban J connectivity index is 2.66. The molecule has 1 rings (SSSR count). The Morgan fingerprint density at radius 2 is 2.16 bits per heavy atom. The molecule has 0 fully saturated rings. The second-order valence-electron chi connectivity index (χ2n) is 4.36. The second kappa shape index (κ2) is 7.19. The van der Waals surface area contributed by atoms with Crippen molar-refractivity contribution in [3.05, 3.63) is 23.0 Å². The summed E-state index contributed by atoms with van der Waals surface area (Å²) in [6, 6.07) is 1.58. The standard InChI is InChI=1S/C13H19ClN2O3/c1-3-5-9(13(18)19)7-15-12(17)11-6-10(14)8-16(11)4-2/h6,8-9H,3-5,7H2,1-2H3,(H,15,17)(H,18,19). The average Bonchev–Trinajstić information content (AvgIpc) is 2.75. The highest BCUT2D eigenvalue weighted by molar-refractivity contribution is 6.31. The van der Waals surface area contributed by atoms with Crippen molar-refractivity contribution in [3.63, 3.8) is 0 Å². The van der Waals surface area contributed by atoms with Gasteiger partial charge in [0.2, 0.25) is 0 Å². The van der Waals surface area contributed by atoms with Crippen molar-refractivity contribution in [2.45, 2.75) is 33.2 Å². The van der Waals surface area contributed by atoms with Gasteiger partial charge in [-0.1, -0.05) is 24.9 Å². The van der Waals surface area contributed by atoms with E-state index in [9.17, 15) is 9.59 Å². The van der Waals surface area contributed by atoms with Crippen LogP contribution in [-0.2, 0) is 11.3 Å². The predicted octanol–water partition coefficient (Wildman–Crippen LogP) is 2.39. The molecule has 0 aliphatic carbocycles. The molecule has 0 aromatic carbocycles. The van der Waals surface area contributed by atoms with Gasteiger partial charge in [-0.2, -0.15) is 0 Å². The van der Waals surface area contributed by atoms with E-state index in [1.165, 1.54) is 0 Å². The Morgan fingerprint density at radius 3 is 2.68 bits per heavy atom. The van der Waals surface area contributed by atoms with Crippen molar-refractivity contribution < 1.29 is 14.7 Å². The molecule has 0 radical (unpaired) electrons. The van der Waals surface area contributed by atoms with Crippen LogP contribution < -0.4 is 5.32 Å². The molecule has 1 heterocycles. The fraction of sp³-hybridized carbons (Fsp3) is 0.538. The number of hydrogen-bond donors (Lipinski definition) is 2. The van der Waals surface area contributed by atoms with Crippen LogP contribution in [-0.4, -0.2) is 28.1 Å². The third-order valence-corrected chi connectivity index (χ3v) is 3.14. The number of hydrogen-bond acceptors (Lipinski definition) is 2. The fourth-order valence-corrected chi connectivity index (χ4v) is 2.12. The van der Waals surface area contributed by atoms with Gasteiger partial charge in [-0.3, -0.25) is 9.59 Å². The Morgan fingerprint density at radius 1 is 1.47 bits per heavy atom. The molecule has 0 aliphatic rings. The summed E-state index contributed by atoms with van der Waals surface area (Å²) < 4.78 is 1.73. The number of aliphatic carboxylic acids is 1. The molecule has 19 heavy (non-hydrogen) atoms. The van der Waals surface area contributed by atoms with Crippen LogP contribution in [0.15, 0.2) is 12.3 Å². The van der Waals surface area contributed by atoms with Crippen LogP contribution in [0.5, 0.6) is 0 Å². The summed E-state index contributed by atoms with van der Waals surface area (Å²) in [4.78, 5) is 23.0. The number of amides is 1. The number of carbonyl (C=O) groups is 2. The fourth-order valence-electron chi connectivity index (χ4n) is 1.89. The third-order valence-electron chi connectivity index (χ3n) is 2.93. The van der Waals surface area contributed by atoms with Crippen LogP contribution in [0.4, 0.5) is 0 Å². The summed E-state index contributed by atoms with van der Waals surface area (Å²) in [7, 11) is 0. The maximum absolute atomic E-state index is 12.0. The molecule has 1 aromatic heterocycles. The van der Waals surface area contributed by atoms with Gasteiger partial charge in [0, 0.05) is 19.3 Å². The topological polar surface area (TPSA) is 71.3 Å². The van der Waals surface area contributed by atoms with Gasteiger partial charge in [0.05, 0.1) is 10.9 Å². The highest BCUT2D eigenvalue weighted by atomic mass is 35.5. The summed E-state index contributed by atoms with van der Waals surface area (Å²) >= 11 is 5.86. The molecule has 0 spiro atoms. The van der Waals surface area contributed by atoms with Gasteiger partial charge in [-0.25, -0.2) is 0 Å². The molecule has 5 nitrogen and oxygen atoms in total. The Hall–Kier alpha value is -1.49. The molecule has 0 bridgehead atoms. The number of nitrogens with zero attached hydrogens (tertiary/aromatic N) is 1. The molecular formula is C13H19ClN2O3. The van der Waals surface area contributed by atoms with Gasteiger partial charge >= 0.3 is 5.97 Å². The summed E-state index contributed by atoms with van der Waals surface area (Å²) in [5, 5.41) is 12.2. The molecule has 1 unspecified atom stereocenters. The lowest BCUT2D eigenvalue weighted by molar-refractivity contribution is -0.141. The zero-order valence-electron chi connectivity index (χ0n) is 11.1. The van der Waals surface area contributed by atoms with E-state index >= 15 is 0 Å². The zero-order chi connectivity index (χ0) is 14.4. The second-order valence-corrected chi connectivity index (χ2v) is 4.80. The first kappa shape index (κ1) is 15.6. The Labute approximate surface area is 117 Å². The van der Waals surface area contributed by atoms with E-state index in [1.54, 1.807) is 16.8 Å². The lowest BCUT2D eigenvalue weighted by Gasteiger charge is -2.13. The summed E-state index contributed by atoms with van der Waals surface area (Å²) in [5.74, 6) is -1.73. The van der Waals surface area contributed by atoms with Crippen LogP contribution in [0.3, 0.4) is 0 Å². The molecule has 6 heteroatoms. The average molecular weight is 287 g/mol. The van der Waals surface area contributed by atoms with Gasteiger partial charge in [0.1, 0.15) is 5.69 Å². The van der Waals surface area contributed by atoms with Gasteiger partial charge in [-0.05, 0) is 19.4 Å². The van der Waals surface area contributed by atoms with E-state index in [0.717, 1.165) is 6.42 Å². The number of carbonyl (C=O) groups excluding carboxylic acids is 1. The first-order valence-corrected chi connectivity index (χ1v) is 6.74. The number of aromatic nitrogens is 1. The Kier molecular flexibility index (Phi) is 5.89. The van der Waals surface area contributed by atoms with Crippen LogP contribution in [0.2, 0.25) is 5.02 Å². The van der Waals surface area contributed by atoms with Crippen LogP contribution >= 0.6 is 11.6 Å². The smallest absolute Gasteiger partial charge is 0.308 e. The van der Waals surface area contributed by atoms with Crippen molar-refractivity contribution in [1.29, 1.82) is 0 Å². The van der Waals surface area contributed by atoms with Crippen molar-refractivity contribution in [2.24, 2.45) is 5.92 Å². The maximum Gasteiger partial charge on any atom is 0.308 e. The van der Waals surface area contributed by atoms with Crippen LogP contribution in [0.25, 0.3) is 0 Å². The lowest BCUT2D eigenvalue weighted by Crippen LogP contribution is -2.33. The molecule has 0 saturated heterocycles. The van der Waals surface area contributed by atoms with Crippen molar-refractivity contribution in [2.75, 3.05) is 6.54 Å². The van der Waals surface area contributed by atoms with Gasteiger partial charge in [0.15, 0.2) is 0 Å². The minimum atomic E-state index is -0.883. The summed E-state index contributed by atoms with van der Waals surface area (Å²) in [6.07, 6.45) is 2.99. The van der Waals surface area contributed by atoms with E-state index in [4.69, 9.17) is 16.7 Å². The number of carboxylic acids is 1. The van der Waals surface area contributed by atoms with Crippen molar-refractivity contribution in [1.82, 2.24) is 9.88 Å². The zero-order valence-corrected chi connectivity index (χ0v) is 11.9. The normalized spacial score (nSPS) is 12.2. The minimum absolute atomic E-state index is 0.133. The third kappa shape index (κ3) is 4.28. The SMILES string of the molecule is CCCC(CNC(=O)c1cc(Cl)cn1CC)C(=O)O. The molecule has 0 saturated carbocycles. The largest absolute Gasteiger partial charge is 0.481 e. The van der Waals surface area contributed by atoms with Crippen molar-refractivity contribution in [3.8, 4) is 0 Å². The number of carboxylic acid groups (broad SMARTS) is 1. The lowest BCUT2D eigenvalue weighted by atomic mass is 10.0. The predicted molar refractivity (Wildman–Crippen MR) is 73.5 cm³/mol. The molecular weight excluding hydrogens is 268 g/mol. The van der Waals surface area contributed by atoms with Gasteiger partial charge in [-0.15, -0.1) is 0 Å². The molecule has 106 valence electrons. The monoisotopic (exact) mass is 286 g/mol. The van der Waals surface area contributed by atoms with E-state index in [-0.39, 0.29) is 12.5 Å².